The van der Waals surface area contributed by atoms with Gasteiger partial charge in [0, 0.05) is 6.92 Å². The lowest BCUT2D eigenvalue weighted by molar-refractivity contribution is -0.142. The molecule has 0 aromatic rings. The van der Waals surface area contributed by atoms with E-state index in [-0.39, 0.29) is 24.8 Å². The molecule has 0 radical (unpaired) electrons. The highest BCUT2D eigenvalue weighted by molar-refractivity contribution is 9.11. The maximum absolute atomic E-state index is 11.1. The molecule has 0 atom stereocenters. The van der Waals surface area contributed by atoms with Crippen LogP contribution in [0.25, 0.3) is 0 Å². The van der Waals surface area contributed by atoms with Crippen molar-refractivity contribution in [1.29, 1.82) is 0 Å². The van der Waals surface area contributed by atoms with E-state index in [9.17, 15) is 9.59 Å². The molecule has 0 N–H and O–H groups in total. The molecule has 0 aromatic heterocycles. The molecule has 0 fully saturated rings. The van der Waals surface area contributed by atoms with E-state index in [1.807, 2.05) is 0 Å². The molecule has 1 heterocycles. The third-order valence-electron chi connectivity index (χ3n) is 1.21. The lowest BCUT2D eigenvalue weighted by Gasteiger charge is -2.14. The molecule has 0 saturated carbocycles. The zero-order chi connectivity index (χ0) is 9.14. The number of carbonyl (C=O) groups excluding carboxylic acids is 2. The summed E-state index contributed by atoms with van der Waals surface area (Å²) in [5.74, 6) is -0.755. The van der Waals surface area contributed by atoms with Gasteiger partial charge in [0.25, 0.3) is 0 Å². The monoisotopic (exact) mass is 234 g/mol. The molecule has 66 valence electrons. The number of ether oxygens (including phenoxy) is 2. The minimum atomic E-state index is -0.503. The topological polar surface area (TPSA) is 52.6 Å². The number of Topliss-reactive ketones (excluding diaryl/α,β-unsaturated/α-hetero) is 1. The minimum Gasteiger partial charge on any atom is -0.422 e. The largest absolute Gasteiger partial charge is 0.422 e. The Bertz CT molecular complexity index is 256. The molecule has 0 aliphatic carbocycles. The lowest BCUT2D eigenvalue weighted by Crippen LogP contribution is -2.22. The Balaban J connectivity index is 2.81. The van der Waals surface area contributed by atoms with Gasteiger partial charge in [-0.1, -0.05) is 0 Å². The normalized spacial score (nSPS) is 18.0. The molecule has 0 saturated heterocycles. The summed E-state index contributed by atoms with van der Waals surface area (Å²) in [6.45, 7) is 1.49. The first-order chi connectivity index (χ1) is 5.61. The number of hydrogen-bond acceptors (Lipinski definition) is 4. The second-order valence-electron chi connectivity index (χ2n) is 2.24. The van der Waals surface area contributed by atoms with Crippen LogP contribution in [0.15, 0.2) is 10.2 Å². The fourth-order valence-electron chi connectivity index (χ4n) is 0.772. The van der Waals surface area contributed by atoms with Crippen molar-refractivity contribution >= 4 is 27.7 Å². The highest BCUT2D eigenvalue weighted by atomic mass is 79.9. The van der Waals surface area contributed by atoms with Crippen LogP contribution in [0, 0.1) is 0 Å². The zero-order valence-corrected chi connectivity index (χ0v) is 8.01. The van der Waals surface area contributed by atoms with Gasteiger partial charge < -0.3 is 9.47 Å². The number of hydrogen-bond donors (Lipinski definition) is 0. The van der Waals surface area contributed by atoms with Gasteiger partial charge in [-0.05, 0) is 15.9 Å². The van der Waals surface area contributed by atoms with Crippen molar-refractivity contribution in [3.63, 3.8) is 0 Å². The van der Waals surface area contributed by atoms with Gasteiger partial charge in [-0.2, -0.15) is 0 Å². The average molecular weight is 235 g/mol. The van der Waals surface area contributed by atoms with E-state index in [0.29, 0.717) is 4.48 Å². The van der Waals surface area contributed by atoms with E-state index in [1.54, 1.807) is 0 Å². The third kappa shape index (κ3) is 2.15. The number of carbonyl (C=O) groups is 2. The molecular formula is C7H7BrO4. The minimum absolute atomic E-state index is 0.0300. The van der Waals surface area contributed by atoms with E-state index < -0.39 is 5.97 Å². The van der Waals surface area contributed by atoms with Crippen molar-refractivity contribution in [3.8, 4) is 0 Å². The number of esters is 1. The van der Waals surface area contributed by atoms with E-state index in [4.69, 9.17) is 4.74 Å². The molecule has 1 rings (SSSR count). The predicted octanol–water partition coefficient (Wildman–Crippen LogP) is 0.755. The van der Waals surface area contributed by atoms with Crippen molar-refractivity contribution in [2.75, 3.05) is 13.2 Å². The van der Waals surface area contributed by atoms with Crippen LogP contribution in [0.5, 0.6) is 0 Å². The molecule has 1 aliphatic rings. The van der Waals surface area contributed by atoms with Crippen LogP contribution in [-0.4, -0.2) is 25.0 Å². The first-order valence-corrected chi connectivity index (χ1v) is 4.08. The smallest absolute Gasteiger partial charge is 0.308 e. The van der Waals surface area contributed by atoms with Crippen molar-refractivity contribution < 1.29 is 19.1 Å². The van der Waals surface area contributed by atoms with Crippen LogP contribution in [-0.2, 0) is 19.1 Å². The summed E-state index contributed by atoms with van der Waals surface area (Å²) in [6, 6.07) is 0. The van der Waals surface area contributed by atoms with Gasteiger partial charge in [-0.15, -0.1) is 0 Å². The van der Waals surface area contributed by atoms with Crippen LogP contribution in [0.2, 0.25) is 0 Å². The molecule has 0 spiro atoms. The number of rotatable bonds is 1. The lowest BCUT2D eigenvalue weighted by atomic mass is 10.3. The van der Waals surface area contributed by atoms with Gasteiger partial charge in [-0.25, -0.2) is 0 Å². The number of ketones is 1. The quantitative estimate of drug-likeness (QED) is 0.629. The average Bonchev–Trinajstić information content (AvgIpc) is 1.97. The van der Waals surface area contributed by atoms with Gasteiger partial charge in [0.1, 0.15) is 6.61 Å². The van der Waals surface area contributed by atoms with Gasteiger partial charge in [-0.3, -0.25) is 9.59 Å². The summed E-state index contributed by atoms with van der Waals surface area (Å²) in [7, 11) is 0. The molecule has 0 unspecified atom stereocenters. The molecule has 5 heteroatoms. The summed E-state index contributed by atoms with van der Waals surface area (Å²) < 4.78 is 10.0. The van der Waals surface area contributed by atoms with E-state index in [1.165, 1.54) is 6.92 Å². The molecule has 0 aromatic carbocycles. The molecule has 12 heavy (non-hydrogen) atoms. The zero-order valence-electron chi connectivity index (χ0n) is 6.43. The van der Waals surface area contributed by atoms with Gasteiger partial charge in [0.15, 0.2) is 5.76 Å². The number of halogens is 1. The Morgan fingerprint density at radius 2 is 2.25 bits per heavy atom. The Hall–Kier alpha value is -0.680. The molecule has 0 amide bonds. The third-order valence-corrected chi connectivity index (χ3v) is 1.80. The maximum Gasteiger partial charge on any atom is 0.308 e. The Labute approximate surface area is 77.7 Å². The van der Waals surface area contributed by atoms with Crippen LogP contribution in [0.1, 0.15) is 6.92 Å². The standard InChI is InChI=1S/C7H7BrO4/c1-4(9)12-7-5(8)2-11-3-6(7)10/h2-3H2,1H3. The first kappa shape index (κ1) is 9.41. The molecular weight excluding hydrogens is 228 g/mol. The molecule has 0 bridgehead atoms. The van der Waals surface area contributed by atoms with Gasteiger partial charge in [0.2, 0.25) is 5.78 Å². The van der Waals surface area contributed by atoms with Crippen molar-refractivity contribution in [3.05, 3.63) is 10.2 Å². The summed E-state index contributed by atoms with van der Waals surface area (Å²) in [5.41, 5.74) is 0. The summed E-state index contributed by atoms with van der Waals surface area (Å²) in [5, 5.41) is 0. The van der Waals surface area contributed by atoms with E-state index in [2.05, 4.69) is 20.7 Å². The van der Waals surface area contributed by atoms with E-state index >= 15 is 0 Å². The van der Waals surface area contributed by atoms with Crippen molar-refractivity contribution in [1.82, 2.24) is 0 Å². The van der Waals surface area contributed by atoms with Crippen molar-refractivity contribution in [2.45, 2.75) is 6.92 Å². The predicted molar refractivity (Wildman–Crippen MR) is 43.5 cm³/mol. The van der Waals surface area contributed by atoms with Crippen LogP contribution in [0.4, 0.5) is 0 Å². The second kappa shape index (κ2) is 3.82. The Kier molecular flexibility index (Phi) is 2.99. The van der Waals surface area contributed by atoms with Crippen LogP contribution < -0.4 is 0 Å². The molecule has 4 nitrogen and oxygen atoms in total. The highest BCUT2D eigenvalue weighted by Gasteiger charge is 2.22. The summed E-state index contributed by atoms with van der Waals surface area (Å²) >= 11 is 3.08. The van der Waals surface area contributed by atoms with E-state index in [0.717, 1.165) is 0 Å². The fraction of sp³-hybridized carbons (Fsp3) is 0.429. The highest BCUT2D eigenvalue weighted by Crippen LogP contribution is 2.19. The maximum atomic E-state index is 11.1. The van der Waals surface area contributed by atoms with Crippen LogP contribution >= 0.6 is 15.9 Å². The first-order valence-electron chi connectivity index (χ1n) is 3.29. The summed E-state index contributed by atoms with van der Waals surface area (Å²) in [6.07, 6.45) is 0. The fourth-order valence-corrected chi connectivity index (χ4v) is 1.24. The van der Waals surface area contributed by atoms with Crippen LogP contribution in [0.3, 0.4) is 0 Å². The summed E-state index contributed by atoms with van der Waals surface area (Å²) in [4.78, 5) is 21.6. The second-order valence-corrected chi connectivity index (χ2v) is 3.20. The van der Waals surface area contributed by atoms with Gasteiger partial charge >= 0.3 is 5.97 Å². The Morgan fingerprint density at radius 1 is 1.58 bits per heavy atom. The molecule has 1 aliphatic heterocycles. The Morgan fingerprint density at radius 3 is 2.75 bits per heavy atom. The van der Waals surface area contributed by atoms with Crippen molar-refractivity contribution in [2.24, 2.45) is 0 Å². The van der Waals surface area contributed by atoms with Gasteiger partial charge in [0.05, 0.1) is 11.1 Å². The SMILES string of the molecule is CC(=O)OC1=C(Br)COCC1=O.